The summed E-state index contributed by atoms with van der Waals surface area (Å²) in [6.07, 6.45) is 17.0. The number of hydrogen-bond acceptors (Lipinski definition) is 5. The summed E-state index contributed by atoms with van der Waals surface area (Å²) in [4.78, 5) is 36.4. The van der Waals surface area contributed by atoms with E-state index < -0.39 is 5.56 Å². The summed E-state index contributed by atoms with van der Waals surface area (Å²) in [5.41, 5.74) is 1.82. The molecule has 4 fully saturated rings. The topological polar surface area (TPSA) is 94.8 Å². The van der Waals surface area contributed by atoms with Crippen LogP contribution in [0.4, 0.5) is 0 Å². The van der Waals surface area contributed by atoms with Gasteiger partial charge in [0.2, 0.25) is 0 Å². The fourth-order valence-electron chi connectivity index (χ4n) is 8.71. The molecule has 4 heterocycles. The molecule has 0 spiro atoms. The molecule has 2 aliphatic heterocycles. The molecule has 2 saturated carbocycles. The summed E-state index contributed by atoms with van der Waals surface area (Å²) in [5, 5.41) is 9.40. The fraction of sp³-hybridized carbons (Fsp3) is 0.562. The van der Waals surface area contributed by atoms with Crippen molar-refractivity contribution in [2.45, 2.75) is 101 Å². The van der Waals surface area contributed by atoms with Crippen molar-refractivity contribution in [2.75, 3.05) is 0 Å². The molecule has 6 atom stereocenters. The number of hydrogen-bond donors (Lipinski definition) is 1. The maximum atomic E-state index is 14.2. The first-order valence-electron chi connectivity index (χ1n) is 15.0. The number of fused-ring (bicyclic) bond motifs is 5. The molecule has 202 valence electrons. The quantitative estimate of drug-likeness (QED) is 0.486. The summed E-state index contributed by atoms with van der Waals surface area (Å²) in [7, 11) is 0. The van der Waals surface area contributed by atoms with Gasteiger partial charge >= 0.3 is 0 Å². The zero-order valence-corrected chi connectivity index (χ0v) is 22.5. The highest BCUT2D eigenvalue weighted by atomic mass is 16.1. The van der Waals surface area contributed by atoms with Crippen LogP contribution in [0.5, 0.6) is 0 Å². The molecule has 7 rings (SSSR count). The molecule has 1 N–H and O–H groups in total. The van der Waals surface area contributed by atoms with Gasteiger partial charge in [0.1, 0.15) is 17.3 Å². The summed E-state index contributed by atoms with van der Waals surface area (Å²) < 4.78 is 2.00. The second kappa shape index (κ2) is 10.1. The van der Waals surface area contributed by atoms with Gasteiger partial charge in [-0.05, 0) is 75.0 Å². The molecular formula is C32H37N5O2. The maximum Gasteiger partial charge on any atom is 0.277 e. The normalized spacial score (nSPS) is 30.9. The summed E-state index contributed by atoms with van der Waals surface area (Å²) >= 11 is 0. The van der Waals surface area contributed by atoms with Crippen LogP contribution in [0.15, 0.2) is 46.1 Å². The number of aromatic nitrogens is 3. The Morgan fingerprint density at radius 1 is 0.846 bits per heavy atom. The number of H-pyrrole nitrogens is 1. The van der Waals surface area contributed by atoms with Gasteiger partial charge in [0, 0.05) is 35.9 Å². The van der Waals surface area contributed by atoms with Crippen LogP contribution in [0.1, 0.15) is 88.7 Å². The first kappa shape index (κ1) is 24.8. The second-order valence-electron chi connectivity index (χ2n) is 12.6. The molecule has 2 aliphatic carbocycles. The highest BCUT2D eigenvalue weighted by Crippen LogP contribution is 2.47. The van der Waals surface area contributed by atoms with Crippen LogP contribution in [0.2, 0.25) is 0 Å². The minimum absolute atomic E-state index is 0.00991. The number of piperidine rings is 2. The Morgan fingerprint density at radius 3 is 2.28 bits per heavy atom. The smallest absolute Gasteiger partial charge is 0.277 e. The molecular weight excluding hydrogens is 486 g/mol. The van der Waals surface area contributed by atoms with E-state index in [1.165, 1.54) is 76.5 Å². The average Bonchev–Trinajstić information content (AvgIpc) is 3.11. The van der Waals surface area contributed by atoms with E-state index in [0.717, 1.165) is 35.7 Å². The molecule has 3 aromatic rings. The van der Waals surface area contributed by atoms with Crippen molar-refractivity contribution < 1.29 is 0 Å². The molecule has 2 aromatic heterocycles. The minimum Gasteiger partial charge on any atom is -0.327 e. The number of nitrogens with zero attached hydrogens (tertiary/aromatic N) is 4. The number of aromatic amines is 1. The van der Waals surface area contributed by atoms with E-state index in [0.29, 0.717) is 29.4 Å². The van der Waals surface area contributed by atoms with Crippen LogP contribution in [0.3, 0.4) is 0 Å². The van der Waals surface area contributed by atoms with Gasteiger partial charge < -0.3 is 9.55 Å². The van der Waals surface area contributed by atoms with E-state index in [-0.39, 0.29) is 17.2 Å². The lowest BCUT2D eigenvalue weighted by atomic mass is 9.73. The van der Waals surface area contributed by atoms with Gasteiger partial charge in [-0.1, -0.05) is 44.2 Å². The van der Waals surface area contributed by atoms with E-state index in [1.54, 1.807) is 0 Å². The van der Waals surface area contributed by atoms with E-state index in [9.17, 15) is 14.9 Å². The largest absolute Gasteiger partial charge is 0.327 e. The van der Waals surface area contributed by atoms with Gasteiger partial charge in [-0.15, -0.1) is 0 Å². The summed E-state index contributed by atoms with van der Waals surface area (Å²) in [5.74, 6) is 1.80. The van der Waals surface area contributed by atoms with Gasteiger partial charge in [-0.25, -0.2) is 4.98 Å². The van der Waals surface area contributed by atoms with Gasteiger partial charge in [0.15, 0.2) is 0 Å². The third-order valence-corrected chi connectivity index (χ3v) is 10.2. The molecule has 4 bridgehead atoms. The van der Waals surface area contributed by atoms with E-state index in [2.05, 4.69) is 9.88 Å². The van der Waals surface area contributed by atoms with E-state index in [4.69, 9.17) is 4.98 Å². The molecule has 1 aromatic carbocycles. The van der Waals surface area contributed by atoms with Crippen LogP contribution >= 0.6 is 0 Å². The van der Waals surface area contributed by atoms with Crippen molar-refractivity contribution in [1.29, 1.82) is 5.26 Å². The van der Waals surface area contributed by atoms with Gasteiger partial charge in [-0.3, -0.25) is 14.5 Å². The minimum atomic E-state index is -0.454. The number of nitrogens with one attached hydrogen (secondary N) is 1. The van der Waals surface area contributed by atoms with Crippen LogP contribution in [0, 0.1) is 23.2 Å². The molecule has 7 nitrogen and oxygen atoms in total. The number of rotatable bonds is 3. The predicted octanol–water partition coefficient (Wildman–Crippen LogP) is 5.54. The number of nitriles is 1. The first-order valence-corrected chi connectivity index (χ1v) is 15.0. The van der Waals surface area contributed by atoms with Crippen LogP contribution in [-0.4, -0.2) is 37.6 Å². The Labute approximate surface area is 228 Å². The highest BCUT2D eigenvalue weighted by molar-refractivity contribution is 5.78. The van der Waals surface area contributed by atoms with Crippen molar-refractivity contribution in [3.8, 4) is 17.3 Å². The molecule has 39 heavy (non-hydrogen) atoms. The van der Waals surface area contributed by atoms with Crippen molar-refractivity contribution >= 4 is 11.0 Å². The van der Waals surface area contributed by atoms with Crippen LogP contribution in [-0.2, 0) is 0 Å². The maximum absolute atomic E-state index is 14.2. The van der Waals surface area contributed by atoms with Crippen molar-refractivity contribution in [3.63, 3.8) is 0 Å². The van der Waals surface area contributed by atoms with Gasteiger partial charge in [0.05, 0.1) is 11.0 Å². The molecule has 0 amide bonds. The molecule has 4 aliphatic rings. The van der Waals surface area contributed by atoms with E-state index >= 15 is 0 Å². The summed E-state index contributed by atoms with van der Waals surface area (Å²) in [6, 6.07) is 13.2. The Morgan fingerprint density at radius 2 is 1.56 bits per heavy atom. The zero-order chi connectivity index (χ0) is 26.5. The Bertz CT molecular complexity index is 1520. The lowest BCUT2D eigenvalue weighted by molar-refractivity contribution is -0.0420. The third-order valence-electron chi connectivity index (χ3n) is 10.2. The second-order valence-corrected chi connectivity index (χ2v) is 12.6. The molecule has 0 unspecified atom stereocenters. The van der Waals surface area contributed by atoms with Crippen LogP contribution < -0.4 is 11.1 Å². The zero-order valence-electron chi connectivity index (χ0n) is 22.5. The van der Waals surface area contributed by atoms with Gasteiger partial charge in [0.25, 0.3) is 11.1 Å². The van der Waals surface area contributed by atoms with Gasteiger partial charge in [-0.2, -0.15) is 5.26 Å². The molecule has 7 heteroatoms. The number of pyridine rings is 1. The highest BCUT2D eigenvalue weighted by Gasteiger charge is 2.45. The summed E-state index contributed by atoms with van der Waals surface area (Å²) in [6.45, 7) is 0. The van der Waals surface area contributed by atoms with Crippen LogP contribution in [0.25, 0.3) is 22.3 Å². The predicted molar refractivity (Wildman–Crippen MR) is 151 cm³/mol. The lowest BCUT2D eigenvalue weighted by Crippen LogP contribution is -2.58. The molecule has 2 saturated heterocycles. The van der Waals surface area contributed by atoms with Crippen molar-refractivity contribution in [3.05, 3.63) is 62.8 Å². The standard InChI is InChI=1S/C32H37N5O2/c33-18-22-15-23(19-34-31(22)38)30-32(39)37(29-11-4-3-10-28(29)35-30)27-16-24-8-5-9-25(17-27)36(24)26-13-20-6-1-2-7-21(12-20)14-26/h3-4,10-11,15,19-21,24-27H,1-2,5-9,12-14,16-17H2,(H,34,38)/t20-,21+,24-,25+,26-,27+. The Kier molecular flexibility index (Phi) is 6.39. The van der Waals surface area contributed by atoms with E-state index in [1.807, 2.05) is 34.9 Å². The number of para-hydroxylation sites is 2. The monoisotopic (exact) mass is 523 g/mol. The fourth-order valence-corrected chi connectivity index (χ4v) is 8.71. The first-order chi connectivity index (χ1) is 19.1. The Balaban J connectivity index is 1.26. The van der Waals surface area contributed by atoms with Crippen molar-refractivity contribution in [2.24, 2.45) is 11.8 Å². The average molecular weight is 524 g/mol. The SMILES string of the molecule is N#Cc1cc(-c2nc3ccccc3n([C@H]3C[C@H]4CCC[C@@H](C3)N4[C@@H]3C[C@@H]4CCCC[C@@H](C4)C3)c2=O)c[nH]c1=O. The third kappa shape index (κ3) is 4.43. The Hall–Kier alpha value is -3.24. The lowest BCUT2D eigenvalue weighted by Gasteiger charge is -2.54. The molecule has 0 radical (unpaired) electrons. The number of benzene rings is 1. The van der Waals surface area contributed by atoms with Crippen molar-refractivity contribution in [1.82, 2.24) is 19.4 Å².